The van der Waals surface area contributed by atoms with Crippen LogP contribution >= 0.6 is 12.4 Å². The second kappa shape index (κ2) is 10.6. The number of benzene rings is 1. The molecule has 4 nitrogen and oxygen atoms in total. The quantitative estimate of drug-likeness (QED) is 0.813. The van der Waals surface area contributed by atoms with Crippen LogP contribution in [0.5, 0.6) is 5.75 Å². The van der Waals surface area contributed by atoms with E-state index in [4.69, 9.17) is 4.74 Å². The second-order valence-electron chi connectivity index (χ2n) is 6.58. The van der Waals surface area contributed by atoms with Gasteiger partial charge in [0.2, 0.25) is 0 Å². The van der Waals surface area contributed by atoms with Crippen LogP contribution in [0.25, 0.3) is 0 Å². The first-order valence-corrected chi connectivity index (χ1v) is 8.84. The van der Waals surface area contributed by atoms with Crippen molar-refractivity contribution in [2.45, 2.75) is 52.0 Å². The monoisotopic (exact) mass is 354 g/mol. The number of rotatable bonds is 7. The van der Waals surface area contributed by atoms with Crippen LogP contribution in [0, 0.1) is 0 Å². The molecule has 0 aromatic heterocycles. The van der Waals surface area contributed by atoms with Gasteiger partial charge in [-0.3, -0.25) is 4.79 Å². The Hall–Kier alpha value is -1.26. The molecule has 1 heterocycles. The van der Waals surface area contributed by atoms with Gasteiger partial charge in [-0.15, -0.1) is 12.4 Å². The van der Waals surface area contributed by atoms with Gasteiger partial charge in [0.05, 0.1) is 0 Å². The Balaban J connectivity index is 0.00000288. The van der Waals surface area contributed by atoms with E-state index in [-0.39, 0.29) is 24.9 Å². The first-order valence-electron chi connectivity index (χ1n) is 8.84. The smallest absolute Gasteiger partial charge is 0.260 e. The molecule has 1 fully saturated rings. The number of halogens is 1. The number of hydrogen-bond donors (Lipinski definition) is 1. The summed E-state index contributed by atoms with van der Waals surface area (Å²) in [6.07, 6.45) is 3.06. The maximum atomic E-state index is 12.6. The molecule has 0 saturated carbocycles. The molecular weight excluding hydrogens is 324 g/mol. The lowest BCUT2D eigenvalue weighted by Crippen LogP contribution is -2.48. The van der Waals surface area contributed by atoms with Crippen LogP contribution in [-0.4, -0.2) is 43.1 Å². The van der Waals surface area contributed by atoms with Gasteiger partial charge in [0.1, 0.15) is 5.75 Å². The highest BCUT2D eigenvalue weighted by Gasteiger charge is 2.24. The molecule has 0 aliphatic carbocycles. The van der Waals surface area contributed by atoms with E-state index in [1.54, 1.807) is 0 Å². The summed E-state index contributed by atoms with van der Waals surface area (Å²) in [6.45, 7) is 9.37. The number of piperidine rings is 1. The average Bonchev–Trinajstić information content (AvgIpc) is 2.58. The molecule has 0 spiro atoms. The van der Waals surface area contributed by atoms with Crippen molar-refractivity contribution in [3.8, 4) is 5.75 Å². The largest absolute Gasteiger partial charge is 0.484 e. The van der Waals surface area contributed by atoms with Gasteiger partial charge >= 0.3 is 0 Å². The Morgan fingerprint density at radius 3 is 2.67 bits per heavy atom. The minimum Gasteiger partial charge on any atom is -0.484 e. The third kappa shape index (κ3) is 5.99. The molecule has 1 saturated heterocycles. The minimum atomic E-state index is 0. The summed E-state index contributed by atoms with van der Waals surface area (Å²) >= 11 is 0. The first kappa shape index (κ1) is 20.8. The highest BCUT2D eigenvalue weighted by molar-refractivity contribution is 5.85. The van der Waals surface area contributed by atoms with Gasteiger partial charge in [-0.2, -0.15) is 0 Å². The van der Waals surface area contributed by atoms with Crippen molar-refractivity contribution in [1.82, 2.24) is 10.2 Å². The fraction of sp³-hybridized carbons (Fsp3) is 0.632. The summed E-state index contributed by atoms with van der Waals surface area (Å²) in [6, 6.07) is 8.40. The molecule has 0 bridgehead atoms. The van der Waals surface area contributed by atoms with Gasteiger partial charge in [0, 0.05) is 12.6 Å². The number of nitrogens with one attached hydrogen (secondary N) is 1. The standard InChI is InChI=1S/C19H30N2O2.ClH/c1-4-12-21(17-8-10-20-11-9-17)19(22)14-23-18-7-5-6-16(13-18)15(2)3;/h5-7,13,15,17,20H,4,8-12,14H2,1-3H3;1H. The third-order valence-electron chi connectivity index (χ3n) is 4.42. The van der Waals surface area contributed by atoms with Crippen molar-refractivity contribution in [2.75, 3.05) is 26.2 Å². The van der Waals surface area contributed by atoms with Crippen molar-refractivity contribution >= 4 is 18.3 Å². The zero-order valence-electron chi connectivity index (χ0n) is 15.1. The maximum absolute atomic E-state index is 12.6. The van der Waals surface area contributed by atoms with Crippen molar-refractivity contribution < 1.29 is 9.53 Å². The van der Waals surface area contributed by atoms with E-state index in [2.05, 4.69) is 32.2 Å². The number of carbonyl (C=O) groups is 1. The predicted molar refractivity (Wildman–Crippen MR) is 101 cm³/mol. The lowest BCUT2D eigenvalue weighted by molar-refractivity contribution is -0.136. The third-order valence-corrected chi connectivity index (χ3v) is 4.42. The van der Waals surface area contributed by atoms with E-state index in [0.29, 0.717) is 12.0 Å². The zero-order valence-corrected chi connectivity index (χ0v) is 15.9. The Morgan fingerprint density at radius 1 is 1.33 bits per heavy atom. The SMILES string of the molecule is CCCN(C(=O)COc1cccc(C(C)C)c1)C1CCNCC1.Cl. The molecule has 1 aromatic rings. The van der Waals surface area contributed by atoms with E-state index in [1.165, 1.54) is 5.56 Å². The van der Waals surface area contributed by atoms with Crippen molar-refractivity contribution in [1.29, 1.82) is 0 Å². The van der Waals surface area contributed by atoms with E-state index in [9.17, 15) is 4.79 Å². The first-order chi connectivity index (χ1) is 11.1. The van der Waals surface area contributed by atoms with E-state index >= 15 is 0 Å². The summed E-state index contributed by atoms with van der Waals surface area (Å²) in [4.78, 5) is 14.6. The second-order valence-corrected chi connectivity index (χ2v) is 6.58. The molecule has 1 aliphatic rings. The van der Waals surface area contributed by atoms with Gasteiger partial charge < -0.3 is 15.0 Å². The molecule has 1 aliphatic heterocycles. The molecule has 0 radical (unpaired) electrons. The van der Waals surface area contributed by atoms with Crippen LogP contribution in [0.15, 0.2) is 24.3 Å². The molecule has 2 rings (SSSR count). The summed E-state index contributed by atoms with van der Waals surface area (Å²) < 4.78 is 5.77. The highest BCUT2D eigenvalue weighted by atomic mass is 35.5. The van der Waals surface area contributed by atoms with Gasteiger partial charge in [0.25, 0.3) is 5.91 Å². The van der Waals surface area contributed by atoms with Gasteiger partial charge in [0.15, 0.2) is 6.61 Å². The van der Waals surface area contributed by atoms with Crippen LogP contribution in [0.4, 0.5) is 0 Å². The lowest BCUT2D eigenvalue weighted by Gasteiger charge is -2.34. The van der Waals surface area contributed by atoms with E-state index in [1.807, 2.05) is 23.1 Å². The Morgan fingerprint density at radius 2 is 2.04 bits per heavy atom. The molecular formula is C19H31ClN2O2. The topological polar surface area (TPSA) is 41.6 Å². The summed E-state index contributed by atoms with van der Waals surface area (Å²) in [5.74, 6) is 1.35. The highest BCUT2D eigenvalue weighted by Crippen LogP contribution is 2.20. The number of amides is 1. The molecule has 1 aromatic carbocycles. The minimum absolute atomic E-state index is 0. The van der Waals surface area contributed by atoms with Gasteiger partial charge in [-0.05, 0) is 56.0 Å². The summed E-state index contributed by atoms with van der Waals surface area (Å²) in [5.41, 5.74) is 1.23. The summed E-state index contributed by atoms with van der Waals surface area (Å²) in [7, 11) is 0. The maximum Gasteiger partial charge on any atom is 0.260 e. The van der Waals surface area contributed by atoms with Crippen molar-refractivity contribution in [3.63, 3.8) is 0 Å². The Bertz CT molecular complexity index is 502. The average molecular weight is 355 g/mol. The number of ether oxygens (including phenoxy) is 1. The Kier molecular flexibility index (Phi) is 9.16. The molecule has 1 N–H and O–H groups in total. The van der Waals surface area contributed by atoms with Crippen LogP contribution < -0.4 is 10.1 Å². The van der Waals surface area contributed by atoms with Crippen LogP contribution in [0.2, 0.25) is 0 Å². The number of hydrogen-bond acceptors (Lipinski definition) is 3. The number of nitrogens with zero attached hydrogens (tertiary/aromatic N) is 1. The van der Waals surface area contributed by atoms with Gasteiger partial charge in [-0.25, -0.2) is 0 Å². The normalized spacial score (nSPS) is 15.0. The summed E-state index contributed by atoms with van der Waals surface area (Å²) in [5, 5.41) is 3.36. The van der Waals surface area contributed by atoms with Crippen molar-refractivity contribution in [2.24, 2.45) is 0 Å². The molecule has 136 valence electrons. The molecule has 0 atom stereocenters. The fourth-order valence-electron chi connectivity index (χ4n) is 3.06. The molecule has 5 heteroatoms. The fourth-order valence-corrected chi connectivity index (χ4v) is 3.06. The van der Waals surface area contributed by atoms with Crippen molar-refractivity contribution in [3.05, 3.63) is 29.8 Å². The van der Waals surface area contributed by atoms with E-state index in [0.717, 1.165) is 44.6 Å². The zero-order chi connectivity index (χ0) is 16.7. The lowest BCUT2D eigenvalue weighted by atomic mass is 10.0. The predicted octanol–water partition coefficient (Wildman–Crippen LogP) is 3.60. The van der Waals surface area contributed by atoms with E-state index < -0.39 is 0 Å². The molecule has 1 amide bonds. The molecule has 24 heavy (non-hydrogen) atoms. The number of carbonyl (C=O) groups excluding carboxylic acids is 1. The Labute approximate surface area is 152 Å². The molecule has 0 unspecified atom stereocenters. The van der Waals surface area contributed by atoms with Crippen LogP contribution in [-0.2, 0) is 4.79 Å². The van der Waals surface area contributed by atoms with Crippen LogP contribution in [0.1, 0.15) is 51.5 Å². The van der Waals surface area contributed by atoms with Gasteiger partial charge in [-0.1, -0.05) is 32.9 Å². The van der Waals surface area contributed by atoms with Crippen LogP contribution in [0.3, 0.4) is 0 Å².